The minimum absolute atomic E-state index is 0.0992. The number of nitrogens with two attached hydrogens (primary N) is 1. The molecule has 1 fully saturated rings. The van der Waals surface area contributed by atoms with Gasteiger partial charge in [0, 0.05) is 25.8 Å². The Bertz CT molecular complexity index is 757. The van der Waals surface area contributed by atoms with E-state index in [9.17, 15) is 0 Å². The molecule has 0 bridgehead atoms. The molecule has 1 atom stereocenters. The first-order chi connectivity index (χ1) is 12.5. The van der Waals surface area contributed by atoms with Crippen LogP contribution in [0.5, 0.6) is 0 Å². The van der Waals surface area contributed by atoms with Crippen LogP contribution in [0.15, 0.2) is 34.9 Å². The number of guanidine groups is 1. The summed E-state index contributed by atoms with van der Waals surface area (Å²) in [6.45, 7) is 5.54. The molecular formula is C18H25N5O2S. The van der Waals surface area contributed by atoms with Crippen molar-refractivity contribution in [2.24, 2.45) is 5.73 Å². The number of nitrogens with zero attached hydrogens (tertiary/aromatic N) is 3. The third-order valence-corrected chi connectivity index (χ3v) is 4.35. The molecule has 0 aliphatic carbocycles. The summed E-state index contributed by atoms with van der Waals surface area (Å²) in [5, 5.41) is 11.6. The van der Waals surface area contributed by atoms with Gasteiger partial charge in [-0.15, -0.1) is 0 Å². The first-order valence-electron chi connectivity index (χ1n) is 8.34. The molecule has 2 aromatic rings. The smallest absolute Gasteiger partial charge is 0.231 e. The minimum Gasteiger partial charge on any atom is -0.370 e. The van der Waals surface area contributed by atoms with Gasteiger partial charge in [0.15, 0.2) is 5.96 Å². The van der Waals surface area contributed by atoms with E-state index in [4.69, 9.17) is 15.7 Å². The van der Waals surface area contributed by atoms with Gasteiger partial charge >= 0.3 is 0 Å². The third kappa shape index (κ3) is 4.86. The Morgan fingerprint density at radius 3 is 2.62 bits per heavy atom. The molecule has 3 rings (SSSR count). The van der Waals surface area contributed by atoms with Gasteiger partial charge in [0.1, 0.15) is 0 Å². The Morgan fingerprint density at radius 1 is 1.42 bits per heavy atom. The van der Waals surface area contributed by atoms with Gasteiger partial charge in [0.05, 0.1) is 5.92 Å². The number of likely N-dealkylation sites (tertiary alicyclic amines) is 1. The fourth-order valence-corrected chi connectivity index (χ4v) is 2.75. The van der Waals surface area contributed by atoms with Gasteiger partial charge in [-0.2, -0.15) is 4.98 Å². The van der Waals surface area contributed by atoms with Gasteiger partial charge in [-0.25, -0.2) is 0 Å². The molecule has 1 unspecified atom stereocenters. The highest BCUT2D eigenvalue weighted by atomic mass is 32.1. The molecular weight excluding hydrogens is 350 g/mol. The second kappa shape index (κ2) is 9.40. The van der Waals surface area contributed by atoms with Crippen molar-refractivity contribution in [2.45, 2.75) is 26.2 Å². The van der Waals surface area contributed by atoms with Crippen molar-refractivity contribution < 1.29 is 8.71 Å². The minimum atomic E-state index is 0.0992. The molecule has 7 nitrogen and oxygen atoms in total. The third-order valence-electron chi connectivity index (χ3n) is 4.35. The summed E-state index contributed by atoms with van der Waals surface area (Å²) in [6, 6.07) is 8.14. The van der Waals surface area contributed by atoms with E-state index in [2.05, 4.69) is 52.4 Å². The second-order valence-electron chi connectivity index (χ2n) is 6.00. The highest BCUT2D eigenvalue weighted by Crippen LogP contribution is 2.28. The van der Waals surface area contributed by atoms with E-state index in [1.54, 1.807) is 0 Å². The van der Waals surface area contributed by atoms with E-state index in [1.807, 2.05) is 24.0 Å². The van der Waals surface area contributed by atoms with E-state index < -0.39 is 0 Å². The van der Waals surface area contributed by atoms with E-state index >= 15 is 0 Å². The summed E-state index contributed by atoms with van der Waals surface area (Å²) in [4.78, 5) is 6.34. The summed E-state index contributed by atoms with van der Waals surface area (Å²) in [7, 11) is 1.49. The second-order valence-corrected chi connectivity index (χ2v) is 6.37. The quantitative estimate of drug-likeness (QED) is 0.329. The Hall–Kier alpha value is -2.32. The first-order valence-corrected chi connectivity index (χ1v) is 8.70. The number of hydrogen-bond donors (Lipinski definition) is 3. The van der Waals surface area contributed by atoms with Crippen molar-refractivity contribution in [1.82, 2.24) is 15.0 Å². The zero-order chi connectivity index (χ0) is 19.1. The molecule has 1 aromatic carbocycles. The fourth-order valence-electron chi connectivity index (χ4n) is 2.75. The Labute approximate surface area is 159 Å². The van der Waals surface area contributed by atoms with Crippen molar-refractivity contribution >= 4 is 24.4 Å². The number of rotatable bonds is 3. The number of allylic oxidation sites excluding steroid dienone is 2. The van der Waals surface area contributed by atoms with E-state index in [0.717, 1.165) is 18.5 Å². The number of thiol groups is 1. The Kier molecular flexibility index (Phi) is 7.23. The number of aromatic nitrogens is 2. The number of hydrogen-bond acceptors (Lipinski definition) is 6. The largest absolute Gasteiger partial charge is 0.370 e. The molecule has 0 saturated carbocycles. The van der Waals surface area contributed by atoms with Crippen LogP contribution in [0.2, 0.25) is 0 Å². The van der Waals surface area contributed by atoms with Crippen molar-refractivity contribution in [2.75, 3.05) is 20.2 Å². The maximum Gasteiger partial charge on any atom is 0.231 e. The van der Waals surface area contributed by atoms with Gasteiger partial charge in [0.2, 0.25) is 11.7 Å². The summed E-state index contributed by atoms with van der Waals surface area (Å²) >= 11 is 3.29. The Balaban J connectivity index is 0.000000758. The molecule has 0 radical (unpaired) electrons. The average Bonchev–Trinajstić information content (AvgIpc) is 3.31. The molecule has 0 spiro atoms. The SMILES string of the molecule is C/C=C(\C)c1ccc(-c2noc(C3CCN(C(=N)N)C3)n2)cc1.COS. The average molecular weight is 375 g/mol. The van der Waals surface area contributed by atoms with Crippen LogP contribution in [0.4, 0.5) is 0 Å². The van der Waals surface area contributed by atoms with E-state index in [-0.39, 0.29) is 11.9 Å². The topological polar surface area (TPSA) is 101 Å². The highest BCUT2D eigenvalue weighted by molar-refractivity contribution is 7.75. The van der Waals surface area contributed by atoms with Crippen LogP contribution in [0, 0.1) is 5.41 Å². The fraction of sp³-hybridized carbons (Fsp3) is 0.389. The summed E-state index contributed by atoms with van der Waals surface area (Å²) < 4.78 is 9.36. The molecule has 1 saturated heterocycles. The monoisotopic (exact) mass is 375 g/mol. The van der Waals surface area contributed by atoms with Gasteiger partial charge < -0.3 is 19.3 Å². The standard InChI is InChI=1S/C17H21N5O.CH4OS/c1-3-11(2)12-4-6-13(7-5-12)15-20-16(23-21-15)14-8-9-22(10-14)17(18)19;1-2-3/h3-7,14H,8-10H2,1-2H3,(H3,18,19);3H,1H3/b11-3+;. The van der Waals surface area contributed by atoms with E-state index in [0.29, 0.717) is 18.3 Å². The highest BCUT2D eigenvalue weighted by Gasteiger charge is 2.29. The van der Waals surface area contributed by atoms with Gasteiger partial charge in [-0.05, 0) is 44.3 Å². The van der Waals surface area contributed by atoms with Crippen LogP contribution in [-0.2, 0) is 4.18 Å². The molecule has 3 N–H and O–H groups in total. The lowest BCUT2D eigenvalue weighted by atomic mass is 10.1. The van der Waals surface area contributed by atoms with Crippen LogP contribution in [-0.4, -0.2) is 41.2 Å². The molecule has 2 heterocycles. The zero-order valence-corrected chi connectivity index (χ0v) is 16.2. The van der Waals surface area contributed by atoms with Crippen molar-refractivity contribution in [3.05, 3.63) is 41.8 Å². The van der Waals surface area contributed by atoms with Gasteiger partial charge in [0.25, 0.3) is 0 Å². The van der Waals surface area contributed by atoms with Crippen LogP contribution >= 0.6 is 12.9 Å². The number of nitrogens with one attached hydrogen (secondary N) is 1. The maximum atomic E-state index is 7.49. The van der Waals surface area contributed by atoms with Crippen LogP contribution in [0.25, 0.3) is 17.0 Å². The van der Waals surface area contributed by atoms with Crippen LogP contribution < -0.4 is 5.73 Å². The molecule has 1 aromatic heterocycles. The molecule has 1 aliphatic heterocycles. The summed E-state index contributed by atoms with van der Waals surface area (Å²) in [5.74, 6) is 1.47. The van der Waals surface area contributed by atoms with Crippen LogP contribution in [0.3, 0.4) is 0 Å². The molecule has 1 aliphatic rings. The lowest BCUT2D eigenvalue weighted by Crippen LogP contribution is -2.34. The van der Waals surface area contributed by atoms with Crippen LogP contribution in [0.1, 0.15) is 37.6 Å². The van der Waals surface area contributed by atoms with Crippen molar-refractivity contribution in [3.8, 4) is 11.4 Å². The first kappa shape index (κ1) is 20.0. The molecule has 0 amide bonds. The Morgan fingerprint density at radius 2 is 2.08 bits per heavy atom. The lowest BCUT2D eigenvalue weighted by Gasteiger charge is -2.14. The molecule has 140 valence electrons. The van der Waals surface area contributed by atoms with Gasteiger partial charge in [-0.1, -0.05) is 35.5 Å². The zero-order valence-electron chi connectivity index (χ0n) is 15.3. The normalized spacial score (nSPS) is 17.0. The summed E-state index contributed by atoms with van der Waals surface area (Å²) in [6.07, 6.45) is 2.96. The molecule has 26 heavy (non-hydrogen) atoms. The molecule has 8 heteroatoms. The van der Waals surface area contributed by atoms with E-state index in [1.165, 1.54) is 18.2 Å². The summed E-state index contributed by atoms with van der Waals surface area (Å²) in [5.41, 5.74) is 8.89. The maximum absolute atomic E-state index is 7.49. The van der Waals surface area contributed by atoms with Gasteiger partial charge in [-0.3, -0.25) is 5.41 Å². The predicted octanol–water partition coefficient (Wildman–Crippen LogP) is 3.32. The van der Waals surface area contributed by atoms with Crippen molar-refractivity contribution in [3.63, 3.8) is 0 Å². The predicted molar refractivity (Wildman–Crippen MR) is 106 cm³/mol. The number of benzene rings is 1. The van der Waals surface area contributed by atoms with Crippen molar-refractivity contribution in [1.29, 1.82) is 5.41 Å². The lowest BCUT2D eigenvalue weighted by molar-refractivity contribution is 0.354.